The van der Waals surface area contributed by atoms with E-state index in [9.17, 15) is 15.0 Å². The highest BCUT2D eigenvalue weighted by Gasteiger charge is 2.07. The van der Waals surface area contributed by atoms with E-state index in [4.69, 9.17) is 4.42 Å². The molecule has 1 heterocycles. The molecule has 94 valence electrons. The van der Waals surface area contributed by atoms with E-state index in [0.717, 1.165) is 6.07 Å². The molecule has 0 bridgehead atoms. The minimum Gasteiger partial charge on any atom is -0.507 e. The fraction of sp³-hybridized carbons (Fsp3) is 0.214. The van der Waals surface area contributed by atoms with Gasteiger partial charge in [-0.3, -0.25) is 0 Å². The Morgan fingerprint density at radius 3 is 2.89 bits per heavy atom. The van der Waals surface area contributed by atoms with Gasteiger partial charge in [-0.1, -0.05) is 24.3 Å². The maximum atomic E-state index is 11.3. The van der Waals surface area contributed by atoms with Crippen LogP contribution < -0.4 is 16.3 Å². The molecule has 1 aliphatic carbocycles. The lowest BCUT2D eigenvalue weighted by Gasteiger charge is -2.06. The summed E-state index contributed by atoms with van der Waals surface area (Å²) in [5.41, 5.74) is 0.371. The number of aromatic hydroxyl groups is 1. The summed E-state index contributed by atoms with van der Waals surface area (Å²) in [5, 5.41) is 19.7. The Hall–Kier alpha value is -2.07. The molecule has 0 fully saturated rings. The van der Waals surface area contributed by atoms with Gasteiger partial charge in [0.1, 0.15) is 11.2 Å². The molecule has 0 spiro atoms. The van der Waals surface area contributed by atoms with Crippen molar-refractivity contribution in [3.8, 4) is 5.75 Å². The van der Waals surface area contributed by atoms with Crippen molar-refractivity contribution in [2.75, 3.05) is 0 Å². The number of hydrogen-bond acceptors (Lipinski definition) is 4. The number of aliphatic hydroxyl groups is 1. The molecule has 0 saturated carbocycles. The lowest BCUT2D eigenvalue weighted by molar-refractivity contribution is 0.200. The highest BCUT2D eigenvalue weighted by Crippen LogP contribution is 2.07. The van der Waals surface area contributed by atoms with Crippen molar-refractivity contribution in [3.63, 3.8) is 0 Å². The van der Waals surface area contributed by atoms with Crippen LogP contribution in [0.5, 0.6) is 5.75 Å². The summed E-state index contributed by atoms with van der Waals surface area (Å²) in [6.07, 6.45) is 8.55. The van der Waals surface area contributed by atoms with E-state index < -0.39 is 11.7 Å². The van der Waals surface area contributed by atoms with E-state index in [1.807, 2.05) is 0 Å². The Balaban J connectivity index is 0.00000180. The van der Waals surface area contributed by atoms with Crippen LogP contribution >= 0.6 is 0 Å². The molecule has 4 nitrogen and oxygen atoms in total. The zero-order valence-electron chi connectivity index (χ0n) is 11.0. The fourth-order valence-electron chi connectivity index (χ4n) is 1.83. The number of rotatable bonds is 2. The number of aliphatic hydroxyl groups excluding tert-OH is 1. The van der Waals surface area contributed by atoms with Crippen LogP contribution in [0.3, 0.4) is 0 Å². The van der Waals surface area contributed by atoms with E-state index in [-0.39, 0.29) is 7.18 Å². The van der Waals surface area contributed by atoms with Crippen molar-refractivity contribution in [2.24, 2.45) is 0 Å². The number of allylic oxidation sites excluding steroid dienone is 4. The number of fused-ring (bicyclic) bond motifs is 1. The summed E-state index contributed by atoms with van der Waals surface area (Å²) in [6.45, 7) is 1.65. The van der Waals surface area contributed by atoms with Crippen molar-refractivity contribution < 1.29 is 16.1 Å². The number of hydrogen-bond donors (Lipinski definition) is 2. The molecule has 0 amide bonds. The average molecular weight is 247 g/mol. The summed E-state index contributed by atoms with van der Waals surface area (Å²) in [7, 11) is 0. The van der Waals surface area contributed by atoms with Crippen molar-refractivity contribution in [1.29, 1.82) is 0 Å². The third-order valence-electron chi connectivity index (χ3n) is 2.57. The van der Waals surface area contributed by atoms with Gasteiger partial charge < -0.3 is 14.6 Å². The van der Waals surface area contributed by atoms with Crippen molar-refractivity contribution in [1.82, 2.24) is 0 Å². The summed E-state index contributed by atoms with van der Waals surface area (Å²) >= 11 is 0. The first-order chi connectivity index (χ1) is 8.58. The zero-order chi connectivity index (χ0) is 13.1. The standard InChI is InChI=1S/C14H14O4/c1-9(15)7-10-5-3-2-4-6-11-12(16)8-13(17)18-14(10)11/h2-6,8-9,15-16H,7H2,1H3/p+1/b3-2?,4-2-,5-3?,6-4?,10-5?,11-6-,14-10?. The normalized spacial score (nSPS) is 19.2. The van der Waals surface area contributed by atoms with E-state index >= 15 is 0 Å². The molecule has 0 saturated heterocycles. The average Bonchev–Trinajstić information content (AvgIpc) is 2.25. The first-order valence-corrected chi connectivity index (χ1v) is 5.67. The molecule has 1 atom stereocenters. The Bertz CT molecular complexity index is 680. The summed E-state index contributed by atoms with van der Waals surface area (Å²) in [4.78, 5) is 11.3. The van der Waals surface area contributed by atoms with Crippen molar-refractivity contribution in [2.45, 2.75) is 19.4 Å². The molecular formula is C14H15O4+. The van der Waals surface area contributed by atoms with Gasteiger partial charge in [-0.05, 0) is 18.6 Å². The summed E-state index contributed by atoms with van der Waals surface area (Å²) in [6, 6.07) is 1.04. The van der Waals surface area contributed by atoms with Crippen LogP contribution in [0.25, 0.3) is 11.6 Å². The van der Waals surface area contributed by atoms with Crippen LogP contribution in [0, 0.1) is 0 Å². The molecular weight excluding hydrogens is 232 g/mol. The van der Waals surface area contributed by atoms with E-state index in [1.54, 1.807) is 37.3 Å². The SMILES string of the molecule is CC(O)CC1=c2oc(=O)cc(O)/c2=C/C=C\C=C1.[H+]. The Labute approximate surface area is 105 Å². The zero-order valence-corrected chi connectivity index (χ0v) is 9.96. The Kier molecular flexibility index (Phi) is 3.48. The second-order valence-electron chi connectivity index (χ2n) is 4.18. The summed E-state index contributed by atoms with van der Waals surface area (Å²) < 4.78 is 5.15. The molecule has 0 aromatic carbocycles. The van der Waals surface area contributed by atoms with Gasteiger partial charge in [-0.15, -0.1) is 0 Å². The van der Waals surface area contributed by atoms with E-state index in [1.165, 1.54) is 0 Å². The van der Waals surface area contributed by atoms with Crippen molar-refractivity contribution in [3.05, 3.63) is 51.4 Å². The van der Waals surface area contributed by atoms with Crippen LogP contribution in [0.4, 0.5) is 0 Å². The second kappa shape index (κ2) is 5.06. The first-order valence-electron chi connectivity index (χ1n) is 5.67. The van der Waals surface area contributed by atoms with Gasteiger partial charge in [0, 0.05) is 6.42 Å². The molecule has 0 aliphatic heterocycles. The van der Waals surface area contributed by atoms with Crippen LogP contribution in [-0.4, -0.2) is 16.3 Å². The van der Waals surface area contributed by atoms with E-state index in [0.29, 0.717) is 22.6 Å². The monoisotopic (exact) mass is 247 g/mol. The van der Waals surface area contributed by atoms with Gasteiger partial charge in [0.25, 0.3) is 0 Å². The first kappa shape index (κ1) is 12.4. The highest BCUT2D eigenvalue weighted by atomic mass is 16.4. The van der Waals surface area contributed by atoms with Crippen molar-refractivity contribution >= 4 is 11.6 Å². The largest absolute Gasteiger partial charge is 1.00 e. The van der Waals surface area contributed by atoms with Crippen LogP contribution in [0.15, 0.2) is 39.6 Å². The molecule has 1 aliphatic rings. The second-order valence-corrected chi connectivity index (χ2v) is 4.18. The maximum Gasteiger partial charge on any atom is 1.00 e. The molecule has 1 aromatic heterocycles. The van der Waals surface area contributed by atoms with Gasteiger partial charge in [-0.25, -0.2) is 4.79 Å². The predicted octanol–water partition coefficient (Wildman–Crippen LogP) is 0.286. The third kappa shape index (κ3) is 2.60. The van der Waals surface area contributed by atoms with Crippen LogP contribution in [0.2, 0.25) is 0 Å². The fourth-order valence-corrected chi connectivity index (χ4v) is 1.83. The molecule has 1 aromatic rings. The van der Waals surface area contributed by atoms with Gasteiger partial charge in [0.15, 0.2) is 0 Å². The lowest BCUT2D eigenvalue weighted by atomic mass is 10.1. The quantitative estimate of drug-likeness (QED) is 0.788. The van der Waals surface area contributed by atoms with Gasteiger partial charge in [0.2, 0.25) is 0 Å². The lowest BCUT2D eigenvalue weighted by Crippen LogP contribution is -2.31. The van der Waals surface area contributed by atoms with E-state index in [2.05, 4.69) is 0 Å². The highest BCUT2D eigenvalue weighted by molar-refractivity contribution is 5.59. The topological polar surface area (TPSA) is 70.7 Å². The Morgan fingerprint density at radius 1 is 1.39 bits per heavy atom. The van der Waals surface area contributed by atoms with Crippen LogP contribution in [0.1, 0.15) is 14.8 Å². The van der Waals surface area contributed by atoms with Gasteiger partial charge in [0.05, 0.1) is 17.4 Å². The molecule has 1 unspecified atom stereocenters. The molecule has 2 rings (SSSR count). The molecule has 0 radical (unpaired) electrons. The Morgan fingerprint density at radius 2 is 2.17 bits per heavy atom. The summed E-state index contributed by atoms with van der Waals surface area (Å²) in [5.74, 6) is -0.121. The molecule has 18 heavy (non-hydrogen) atoms. The van der Waals surface area contributed by atoms with Gasteiger partial charge in [-0.2, -0.15) is 0 Å². The third-order valence-corrected chi connectivity index (χ3v) is 2.57. The van der Waals surface area contributed by atoms with Crippen LogP contribution in [-0.2, 0) is 0 Å². The minimum atomic E-state index is -0.610. The maximum absolute atomic E-state index is 11.3. The molecule has 4 heteroatoms. The predicted molar refractivity (Wildman–Crippen MR) is 69.5 cm³/mol. The molecule has 2 N–H and O–H groups in total. The smallest absolute Gasteiger partial charge is 0.507 e. The minimum absolute atomic E-state index is 0. The van der Waals surface area contributed by atoms with Gasteiger partial charge >= 0.3 is 7.05 Å².